The van der Waals surface area contributed by atoms with Crippen molar-refractivity contribution in [3.63, 3.8) is 0 Å². The summed E-state index contributed by atoms with van der Waals surface area (Å²) in [5.74, 6) is 1.68. The van der Waals surface area contributed by atoms with Gasteiger partial charge >= 0.3 is 0 Å². The van der Waals surface area contributed by atoms with Crippen molar-refractivity contribution in [3.8, 4) is 17.4 Å². The van der Waals surface area contributed by atoms with E-state index < -0.39 is 0 Å². The van der Waals surface area contributed by atoms with E-state index in [0.29, 0.717) is 34.3 Å². The van der Waals surface area contributed by atoms with E-state index in [1.54, 1.807) is 6.21 Å². The molecule has 4 rings (SSSR count). The Morgan fingerprint density at radius 1 is 1.17 bits per heavy atom. The number of aromatic nitrogens is 2. The first-order chi connectivity index (χ1) is 14.1. The molecule has 4 aromatic rings. The van der Waals surface area contributed by atoms with Crippen LogP contribution in [0.5, 0.6) is 0 Å². The van der Waals surface area contributed by atoms with E-state index in [2.05, 4.69) is 21.3 Å². The van der Waals surface area contributed by atoms with E-state index in [0.717, 1.165) is 16.9 Å². The predicted molar refractivity (Wildman–Crippen MR) is 114 cm³/mol. The number of hydrogen-bond acceptors (Lipinski definition) is 4. The molecule has 5 nitrogen and oxygen atoms in total. The van der Waals surface area contributed by atoms with Crippen molar-refractivity contribution in [2.24, 2.45) is 4.99 Å². The van der Waals surface area contributed by atoms with E-state index in [1.165, 1.54) is 5.56 Å². The van der Waals surface area contributed by atoms with Crippen LogP contribution in [0.15, 0.2) is 70.1 Å². The van der Waals surface area contributed by atoms with Gasteiger partial charge in [-0.25, -0.2) is 4.99 Å². The molecule has 2 aromatic heterocycles. The van der Waals surface area contributed by atoms with Crippen molar-refractivity contribution in [3.05, 3.63) is 93.8 Å². The zero-order valence-corrected chi connectivity index (χ0v) is 16.4. The third-order valence-electron chi connectivity index (χ3n) is 4.48. The summed E-state index contributed by atoms with van der Waals surface area (Å²) in [6, 6.07) is 21.5. The first-order valence-electron chi connectivity index (χ1n) is 9.05. The summed E-state index contributed by atoms with van der Waals surface area (Å²) in [4.78, 5) is 4.34. The molecule has 1 N–H and O–H groups in total. The molecule has 0 amide bonds. The Balaban J connectivity index is 1.54. The Hall–Kier alpha value is -3.62. The number of nitriles is 1. The number of aromatic amines is 1. The summed E-state index contributed by atoms with van der Waals surface area (Å²) >= 11 is 6.04. The highest BCUT2D eigenvalue weighted by Crippen LogP contribution is 2.24. The van der Waals surface area contributed by atoms with Gasteiger partial charge in [-0.15, -0.1) is 0 Å². The topological polar surface area (TPSA) is 78.0 Å². The molecule has 0 saturated heterocycles. The Bertz CT molecular complexity index is 1210. The van der Waals surface area contributed by atoms with Gasteiger partial charge in [0.25, 0.3) is 0 Å². The zero-order valence-electron chi connectivity index (χ0n) is 15.7. The van der Waals surface area contributed by atoms with Gasteiger partial charge in [0.1, 0.15) is 23.2 Å². The second-order valence-corrected chi connectivity index (χ2v) is 7.08. The van der Waals surface area contributed by atoms with Crippen LogP contribution in [0.3, 0.4) is 0 Å². The van der Waals surface area contributed by atoms with Gasteiger partial charge in [-0.2, -0.15) is 10.4 Å². The van der Waals surface area contributed by atoms with Crippen molar-refractivity contribution in [2.75, 3.05) is 0 Å². The maximum atomic E-state index is 9.56. The van der Waals surface area contributed by atoms with Crippen molar-refractivity contribution in [1.29, 1.82) is 5.26 Å². The number of rotatable bonds is 5. The summed E-state index contributed by atoms with van der Waals surface area (Å²) < 4.78 is 5.84. The van der Waals surface area contributed by atoms with E-state index >= 15 is 0 Å². The molecule has 2 aromatic carbocycles. The molecular formula is C23H17ClN4O. The second-order valence-electron chi connectivity index (χ2n) is 6.65. The Labute approximate surface area is 173 Å². The van der Waals surface area contributed by atoms with Gasteiger partial charge in [-0.05, 0) is 36.8 Å². The number of nitrogens with one attached hydrogen (secondary N) is 1. The zero-order chi connectivity index (χ0) is 20.2. The smallest absolute Gasteiger partial charge is 0.191 e. The quantitative estimate of drug-likeness (QED) is 0.427. The van der Waals surface area contributed by atoms with Gasteiger partial charge < -0.3 is 4.42 Å². The minimum Gasteiger partial charge on any atom is -0.455 e. The molecule has 2 heterocycles. The first-order valence-corrected chi connectivity index (χ1v) is 9.43. The SMILES string of the molecule is Cc1ccc(-c2ccc(C=Nc3n[nH]c(Cc4cccc(Cl)c4)c3C#N)o2)cc1. The largest absolute Gasteiger partial charge is 0.455 e. The van der Waals surface area contributed by atoms with Crippen molar-refractivity contribution in [2.45, 2.75) is 13.3 Å². The summed E-state index contributed by atoms with van der Waals surface area (Å²) in [5, 5.41) is 17.3. The molecule has 0 bridgehead atoms. The first kappa shape index (κ1) is 18.7. The number of aryl methyl sites for hydroxylation is 1. The minimum absolute atomic E-state index is 0.331. The molecule has 0 spiro atoms. The predicted octanol–water partition coefficient (Wildman–Crippen LogP) is 5.84. The third kappa shape index (κ3) is 4.29. The van der Waals surface area contributed by atoms with Crippen LogP contribution in [-0.4, -0.2) is 16.4 Å². The van der Waals surface area contributed by atoms with E-state index in [1.807, 2.05) is 67.6 Å². The highest BCUT2D eigenvalue weighted by atomic mass is 35.5. The number of aliphatic imine (C=N–C) groups is 1. The highest BCUT2D eigenvalue weighted by Gasteiger charge is 2.13. The van der Waals surface area contributed by atoms with Gasteiger partial charge in [-0.1, -0.05) is 53.6 Å². The fourth-order valence-corrected chi connectivity index (χ4v) is 3.19. The van der Waals surface area contributed by atoms with Gasteiger partial charge in [-0.3, -0.25) is 5.10 Å². The van der Waals surface area contributed by atoms with Gasteiger partial charge in [0, 0.05) is 17.0 Å². The molecule has 0 atom stereocenters. The number of halogens is 1. The lowest BCUT2D eigenvalue weighted by molar-refractivity contribution is 0.575. The van der Waals surface area contributed by atoms with Crippen LogP contribution < -0.4 is 0 Å². The molecule has 0 radical (unpaired) electrons. The summed E-state index contributed by atoms with van der Waals surface area (Å²) in [6.45, 7) is 2.04. The average Bonchev–Trinajstić information content (AvgIpc) is 3.34. The van der Waals surface area contributed by atoms with Crippen LogP contribution in [0.2, 0.25) is 5.02 Å². The molecule has 0 aliphatic rings. The van der Waals surface area contributed by atoms with Crippen molar-refractivity contribution in [1.82, 2.24) is 10.2 Å². The lowest BCUT2D eigenvalue weighted by Gasteiger charge is -2.00. The molecular weight excluding hydrogens is 384 g/mol. The van der Waals surface area contributed by atoms with E-state index in [-0.39, 0.29) is 0 Å². The van der Waals surface area contributed by atoms with Crippen molar-refractivity contribution >= 4 is 23.6 Å². The molecule has 0 aliphatic heterocycles. The fraction of sp³-hybridized carbons (Fsp3) is 0.0870. The van der Waals surface area contributed by atoms with Crippen LogP contribution in [-0.2, 0) is 6.42 Å². The minimum atomic E-state index is 0.331. The van der Waals surface area contributed by atoms with Gasteiger partial charge in [0.05, 0.1) is 11.9 Å². The molecule has 0 fully saturated rings. The Morgan fingerprint density at radius 2 is 2.00 bits per heavy atom. The van der Waals surface area contributed by atoms with Crippen LogP contribution in [0, 0.1) is 18.3 Å². The maximum Gasteiger partial charge on any atom is 0.191 e. The fourth-order valence-electron chi connectivity index (χ4n) is 2.98. The lowest BCUT2D eigenvalue weighted by atomic mass is 10.1. The number of nitrogens with zero attached hydrogens (tertiary/aromatic N) is 3. The van der Waals surface area contributed by atoms with E-state index in [9.17, 15) is 5.26 Å². The lowest BCUT2D eigenvalue weighted by Crippen LogP contribution is -1.91. The van der Waals surface area contributed by atoms with Gasteiger partial charge in [0.15, 0.2) is 5.82 Å². The standard InChI is InChI=1S/C23H17ClN4O/c1-15-5-7-17(8-6-15)22-10-9-19(29-22)14-26-23-20(13-25)21(27-28-23)12-16-3-2-4-18(24)11-16/h2-11,14H,12H2,1H3,(H,27,28). The maximum absolute atomic E-state index is 9.56. The molecule has 29 heavy (non-hydrogen) atoms. The molecule has 0 unspecified atom stereocenters. The van der Waals surface area contributed by atoms with Crippen LogP contribution in [0.25, 0.3) is 11.3 Å². The van der Waals surface area contributed by atoms with Crippen molar-refractivity contribution < 1.29 is 4.42 Å². The number of H-pyrrole nitrogens is 1. The summed E-state index contributed by atoms with van der Waals surface area (Å²) in [6.07, 6.45) is 2.09. The van der Waals surface area contributed by atoms with Crippen LogP contribution >= 0.6 is 11.6 Å². The monoisotopic (exact) mass is 400 g/mol. The van der Waals surface area contributed by atoms with E-state index in [4.69, 9.17) is 16.0 Å². The Morgan fingerprint density at radius 3 is 2.76 bits per heavy atom. The molecule has 0 aliphatic carbocycles. The third-order valence-corrected chi connectivity index (χ3v) is 4.72. The Kier molecular flexibility index (Phi) is 5.28. The van der Waals surface area contributed by atoms with Crippen LogP contribution in [0.4, 0.5) is 5.82 Å². The molecule has 0 saturated carbocycles. The summed E-state index contributed by atoms with van der Waals surface area (Å²) in [5.41, 5.74) is 4.28. The number of hydrogen-bond donors (Lipinski definition) is 1. The number of benzene rings is 2. The summed E-state index contributed by atoms with van der Waals surface area (Å²) in [7, 11) is 0. The molecule has 6 heteroatoms. The van der Waals surface area contributed by atoms with Gasteiger partial charge in [0.2, 0.25) is 0 Å². The average molecular weight is 401 g/mol. The highest BCUT2D eigenvalue weighted by molar-refractivity contribution is 6.30. The molecule has 142 valence electrons. The normalized spacial score (nSPS) is 11.1. The van der Waals surface area contributed by atoms with Crippen LogP contribution in [0.1, 0.15) is 28.1 Å². The second kappa shape index (κ2) is 8.17. The number of furan rings is 1.